The third-order valence-electron chi connectivity index (χ3n) is 3.60. The Bertz CT molecular complexity index is 656. The van der Waals surface area contributed by atoms with Crippen LogP contribution in [0, 0.1) is 0 Å². The first-order chi connectivity index (χ1) is 9.66. The molecule has 0 saturated carbocycles. The van der Waals surface area contributed by atoms with E-state index >= 15 is 0 Å². The number of phenolic OH excluding ortho intramolecular Hbond substituents is 1. The van der Waals surface area contributed by atoms with Crippen molar-refractivity contribution in [3.8, 4) is 5.75 Å². The standard InChI is InChI=1S/C16H14ClNO2/c17-13-9-10-5-1-2-6-11(10)15(13)18-16(20)12-7-3-4-8-14(12)19/h1-8,13,15,19H,9H2,(H,18,20). The van der Waals surface area contributed by atoms with Gasteiger partial charge in [-0.25, -0.2) is 0 Å². The molecule has 1 amide bonds. The van der Waals surface area contributed by atoms with Gasteiger partial charge in [0.1, 0.15) is 5.75 Å². The van der Waals surface area contributed by atoms with E-state index in [4.69, 9.17) is 11.6 Å². The van der Waals surface area contributed by atoms with Gasteiger partial charge in [0.05, 0.1) is 17.0 Å². The molecule has 2 aromatic carbocycles. The van der Waals surface area contributed by atoms with E-state index in [0.29, 0.717) is 0 Å². The molecule has 4 heteroatoms. The number of halogens is 1. The van der Waals surface area contributed by atoms with Crippen molar-refractivity contribution < 1.29 is 9.90 Å². The zero-order chi connectivity index (χ0) is 14.1. The van der Waals surface area contributed by atoms with Crippen molar-refractivity contribution in [2.75, 3.05) is 0 Å². The van der Waals surface area contributed by atoms with E-state index in [0.717, 1.165) is 17.5 Å². The summed E-state index contributed by atoms with van der Waals surface area (Å²) in [6, 6.07) is 14.2. The second-order valence-corrected chi connectivity index (χ2v) is 5.45. The van der Waals surface area contributed by atoms with Crippen LogP contribution in [0.4, 0.5) is 0 Å². The van der Waals surface area contributed by atoms with E-state index in [-0.39, 0.29) is 28.6 Å². The van der Waals surface area contributed by atoms with Gasteiger partial charge in [-0.05, 0) is 29.7 Å². The molecular weight excluding hydrogens is 274 g/mol. The Hall–Kier alpha value is -2.00. The Morgan fingerprint density at radius 1 is 1.15 bits per heavy atom. The van der Waals surface area contributed by atoms with Crippen LogP contribution in [0.25, 0.3) is 0 Å². The van der Waals surface area contributed by atoms with Crippen molar-refractivity contribution in [1.82, 2.24) is 5.32 Å². The van der Waals surface area contributed by atoms with E-state index in [9.17, 15) is 9.90 Å². The van der Waals surface area contributed by atoms with E-state index in [1.165, 1.54) is 6.07 Å². The quantitative estimate of drug-likeness (QED) is 0.834. The minimum atomic E-state index is -0.310. The van der Waals surface area contributed by atoms with Crippen LogP contribution in [0.5, 0.6) is 5.75 Å². The SMILES string of the molecule is O=C(NC1c2ccccc2CC1Cl)c1ccccc1O. The van der Waals surface area contributed by atoms with Crippen LogP contribution in [0.1, 0.15) is 27.5 Å². The fourth-order valence-electron chi connectivity index (χ4n) is 2.60. The summed E-state index contributed by atoms with van der Waals surface area (Å²) in [6.07, 6.45) is 0.740. The fraction of sp³-hybridized carbons (Fsp3) is 0.188. The first kappa shape index (κ1) is 13.0. The highest BCUT2D eigenvalue weighted by Crippen LogP contribution is 2.35. The first-order valence-electron chi connectivity index (χ1n) is 6.47. The summed E-state index contributed by atoms with van der Waals surface area (Å²) in [5.41, 5.74) is 2.48. The minimum absolute atomic E-state index is 0.0256. The van der Waals surface area contributed by atoms with Crippen molar-refractivity contribution >= 4 is 17.5 Å². The lowest BCUT2D eigenvalue weighted by Gasteiger charge is -2.17. The number of phenols is 1. The average molecular weight is 288 g/mol. The van der Waals surface area contributed by atoms with E-state index in [1.807, 2.05) is 24.3 Å². The molecule has 1 aliphatic carbocycles. The number of hydrogen-bond acceptors (Lipinski definition) is 2. The zero-order valence-corrected chi connectivity index (χ0v) is 11.5. The second kappa shape index (κ2) is 5.17. The number of carbonyl (C=O) groups is 1. The van der Waals surface area contributed by atoms with Gasteiger partial charge in [0.2, 0.25) is 0 Å². The smallest absolute Gasteiger partial charge is 0.255 e. The van der Waals surface area contributed by atoms with Crippen LogP contribution in [0.3, 0.4) is 0 Å². The van der Waals surface area contributed by atoms with Crippen LogP contribution >= 0.6 is 11.6 Å². The lowest BCUT2D eigenvalue weighted by atomic mass is 10.1. The first-order valence-corrected chi connectivity index (χ1v) is 6.91. The van der Waals surface area contributed by atoms with Crippen molar-refractivity contribution in [2.24, 2.45) is 0 Å². The highest BCUT2D eigenvalue weighted by molar-refractivity contribution is 6.21. The van der Waals surface area contributed by atoms with E-state index in [2.05, 4.69) is 5.32 Å². The molecule has 2 N–H and O–H groups in total. The highest BCUT2D eigenvalue weighted by atomic mass is 35.5. The molecule has 0 fully saturated rings. The van der Waals surface area contributed by atoms with Crippen LogP contribution < -0.4 is 5.32 Å². The van der Waals surface area contributed by atoms with Crippen LogP contribution in [-0.2, 0) is 6.42 Å². The zero-order valence-electron chi connectivity index (χ0n) is 10.7. The fourth-order valence-corrected chi connectivity index (χ4v) is 2.96. The van der Waals surface area contributed by atoms with Crippen molar-refractivity contribution in [2.45, 2.75) is 17.8 Å². The predicted molar refractivity (Wildman–Crippen MR) is 78.1 cm³/mol. The van der Waals surface area contributed by atoms with Crippen molar-refractivity contribution in [3.63, 3.8) is 0 Å². The maximum atomic E-state index is 12.2. The second-order valence-electron chi connectivity index (χ2n) is 4.89. The molecule has 0 aromatic heterocycles. The summed E-state index contributed by atoms with van der Waals surface area (Å²) >= 11 is 6.34. The average Bonchev–Trinajstić information content (AvgIpc) is 2.76. The lowest BCUT2D eigenvalue weighted by molar-refractivity contribution is 0.0934. The Morgan fingerprint density at radius 2 is 1.85 bits per heavy atom. The minimum Gasteiger partial charge on any atom is -0.507 e. The van der Waals surface area contributed by atoms with Crippen LogP contribution in [0.2, 0.25) is 0 Å². The molecular formula is C16H14ClNO2. The molecule has 2 unspecified atom stereocenters. The predicted octanol–water partition coefficient (Wildman–Crippen LogP) is 3.03. The van der Waals surface area contributed by atoms with Crippen LogP contribution in [-0.4, -0.2) is 16.4 Å². The molecule has 2 aromatic rings. The number of alkyl halides is 1. The van der Waals surface area contributed by atoms with Gasteiger partial charge in [0, 0.05) is 0 Å². The molecule has 0 aliphatic heterocycles. The molecule has 0 bridgehead atoms. The monoisotopic (exact) mass is 287 g/mol. The Morgan fingerprint density at radius 3 is 2.65 bits per heavy atom. The lowest BCUT2D eigenvalue weighted by Crippen LogP contribution is -2.31. The molecule has 0 saturated heterocycles. The van der Waals surface area contributed by atoms with Gasteiger partial charge in [0.25, 0.3) is 5.91 Å². The molecule has 3 rings (SSSR count). The number of carbonyl (C=O) groups excluding carboxylic acids is 1. The molecule has 0 spiro atoms. The third kappa shape index (κ3) is 2.25. The summed E-state index contributed by atoms with van der Waals surface area (Å²) in [6.45, 7) is 0. The topological polar surface area (TPSA) is 49.3 Å². The number of nitrogens with one attached hydrogen (secondary N) is 1. The summed E-state index contributed by atoms with van der Waals surface area (Å²) in [5.74, 6) is -0.335. The summed E-state index contributed by atoms with van der Waals surface area (Å²) in [4.78, 5) is 12.2. The van der Waals surface area contributed by atoms with Gasteiger partial charge in [-0.15, -0.1) is 11.6 Å². The van der Waals surface area contributed by atoms with Crippen molar-refractivity contribution in [1.29, 1.82) is 0 Å². The number of aromatic hydroxyl groups is 1. The Balaban J connectivity index is 1.85. The van der Waals surface area contributed by atoms with Gasteiger partial charge in [0.15, 0.2) is 0 Å². The van der Waals surface area contributed by atoms with E-state index < -0.39 is 0 Å². The number of hydrogen-bond donors (Lipinski definition) is 2. The number of rotatable bonds is 2. The normalized spacial score (nSPS) is 20.4. The molecule has 1 aliphatic rings. The number of amides is 1. The maximum Gasteiger partial charge on any atom is 0.255 e. The Labute approximate surface area is 122 Å². The van der Waals surface area contributed by atoms with Gasteiger partial charge >= 0.3 is 0 Å². The summed E-state index contributed by atoms with van der Waals surface area (Å²) in [7, 11) is 0. The van der Waals surface area contributed by atoms with Crippen LogP contribution in [0.15, 0.2) is 48.5 Å². The highest BCUT2D eigenvalue weighted by Gasteiger charge is 2.32. The van der Waals surface area contributed by atoms with Gasteiger partial charge in [-0.2, -0.15) is 0 Å². The molecule has 0 radical (unpaired) electrons. The maximum absolute atomic E-state index is 12.2. The van der Waals surface area contributed by atoms with E-state index in [1.54, 1.807) is 18.2 Å². The molecule has 3 nitrogen and oxygen atoms in total. The third-order valence-corrected chi connectivity index (χ3v) is 4.01. The van der Waals surface area contributed by atoms with Gasteiger partial charge in [-0.1, -0.05) is 36.4 Å². The largest absolute Gasteiger partial charge is 0.507 e. The summed E-state index contributed by atoms with van der Waals surface area (Å²) < 4.78 is 0. The molecule has 0 heterocycles. The van der Waals surface area contributed by atoms with Crippen molar-refractivity contribution in [3.05, 3.63) is 65.2 Å². The summed E-state index contributed by atoms with van der Waals surface area (Å²) in [5, 5.41) is 12.5. The number of fused-ring (bicyclic) bond motifs is 1. The molecule has 20 heavy (non-hydrogen) atoms. The van der Waals surface area contributed by atoms with Gasteiger partial charge in [-0.3, -0.25) is 4.79 Å². The Kier molecular flexibility index (Phi) is 3.36. The molecule has 2 atom stereocenters. The molecule has 102 valence electrons. The number of para-hydroxylation sites is 1. The van der Waals surface area contributed by atoms with Gasteiger partial charge < -0.3 is 10.4 Å². The number of benzene rings is 2.